The van der Waals surface area contributed by atoms with E-state index in [1.54, 1.807) is 16.8 Å². The van der Waals surface area contributed by atoms with Crippen LogP contribution in [0.5, 0.6) is 0 Å². The van der Waals surface area contributed by atoms with Gasteiger partial charge in [0.2, 0.25) is 11.1 Å². The molecule has 2 aromatic carbocycles. The lowest BCUT2D eigenvalue weighted by Crippen LogP contribution is -2.16. The van der Waals surface area contributed by atoms with Crippen LogP contribution in [-0.2, 0) is 4.79 Å². The number of thioether (sulfide) groups is 1. The molecule has 1 unspecified atom stereocenters. The Morgan fingerprint density at radius 2 is 1.96 bits per heavy atom. The van der Waals surface area contributed by atoms with Crippen LogP contribution in [0.15, 0.2) is 53.7 Å². The van der Waals surface area contributed by atoms with Crippen molar-refractivity contribution in [3.63, 3.8) is 0 Å². The fraction of sp³-hybridized carbons (Fsp3) is 0.263. The van der Waals surface area contributed by atoms with Gasteiger partial charge in [-0.25, -0.2) is 0 Å². The largest absolute Gasteiger partial charge is 0.325 e. The Bertz CT molecular complexity index is 912. The summed E-state index contributed by atoms with van der Waals surface area (Å²) in [5.74, 6) is 0.496. The molecule has 0 spiro atoms. The van der Waals surface area contributed by atoms with Crippen molar-refractivity contribution in [2.45, 2.75) is 31.3 Å². The first-order valence-electron chi connectivity index (χ1n) is 8.64. The summed E-state index contributed by atoms with van der Waals surface area (Å²) in [4.78, 5) is 12.4. The predicted molar refractivity (Wildman–Crippen MR) is 109 cm³/mol. The van der Waals surface area contributed by atoms with E-state index in [0.29, 0.717) is 16.1 Å². The number of carbonyl (C=O) groups excluding carboxylic acids is 1. The number of hydrogen-bond acceptors (Lipinski definition) is 5. The van der Waals surface area contributed by atoms with Crippen molar-refractivity contribution in [2.24, 2.45) is 0 Å². The molecule has 0 saturated heterocycles. The van der Waals surface area contributed by atoms with Gasteiger partial charge in [-0.15, -0.1) is 5.10 Å². The molecule has 0 aliphatic rings. The topological polar surface area (TPSA) is 72.7 Å². The van der Waals surface area contributed by atoms with Crippen molar-refractivity contribution in [1.82, 2.24) is 20.2 Å². The van der Waals surface area contributed by atoms with Gasteiger partial charge in [0, 0.05) is 10.7 Å². The molecule has 0 aliphatic carbocycles. The molecule has 0 saturated carbocycles. The van der Waals surface area contributed by atoms with E-state index in [4.69, 9.17) is 11.6 Å². The van der Waals surface area contributed by atoms with E-state index in [2.05, 4.69) is 40.8 Å². The van der Waals surface area contributed by atoms with Crippen molar-refractivity contribution in [3.05, 3.63) is 59.1 Å². The van der Waals surface area contributed by atoms with E-state index in [1.807, 2.05) is 30.3 Å². The van der Waals surface area contributed by atoms with Crippen LogP contribution in [0.3, 0.4) is 0 Å². The molecule has 8 heteroatoms. The molecular weight excluding hydrogens is 382 g/mol. The zero-order valence-electron chi connectivity index (χ0n) is 15.1. The average Bonchev–Trinajstić information content (AvgIpc) is 3.15. The van der Waals surface area contributed by atoms with Gasteiger partial charge in [0.05, 0.1) is 11.4 Å². The van der Waals surface area contributed by atoms with E-state index in [9.17, 15) is 4.79 Å². The van der Waals surface area contributed by atoms with Crippen molar-refractivity contribution in [1.29, 1.82) is 0 Å². The number of rotatable bonds is 7. The van der Waals surface area contributed by atoms with Crippen LogP contribution in [0.4, 0.5) is 5.69 Å². The summed E-state index contributed by atoms with van der Waals surface area (Å²) in [6.45, 7) is 4.29. The lowest BCUT2D eigenvalue weighted by Gasteiger charge is -2.15. The summed E-state index contributed by atoms with van der Waals surface area (Å²) in [5, 5.41) is 15.9. The molecular formula is C19H20ClN5OS. The Morgan fingerprint density at radius 1 is 1.22 bits per heavy atom. The van der Waals surface area contributed by atoms with Gasteiger partial charge < -0.3 is 5.32 Å². The Labute approximate surface area is 167 Å². The van der Waals surface area contributed by atoms with Crippen molar-refractivity contribution in [3.8, 4) is 5.69 Å². The molecule has 6 nitrogen and oxygen atoms in total. The zero-order chi connectivity index (χ0) is 19.2. The van der Waals surface area contributed by atoms with E-state index >= 15 is 0 Å². The molecule has 3 aromatic rings. The normalized spacial score (nSPS) is 12.0. The van der Waals surface area contributed by atoms with Gasteiger partial charge in [-0.2, -0.15) is 4.68 Å². The minimum Gasteiger partial charge on any atom is -0.325 e. The Hall–Kier alpha value is -2.38. The third kappa shape index (κ3) is 4.87. The first-order valence-corrected chi connectivity index (χ1v) is 10.0. The third-order valence-electron chi connectivity index (χ3n) is 4.22. The van der Waals surface area contributed by atoms with Gasteiger partial charge in [0.15, 0.2) is 0 Å². The number of amides is 1. The van der Waals surface area contributed by atoms with Crippen LogP contribution in [-0.4, -0.2) is 31.9 Å². The molecule has 1 N–H and O–H groups in total. The monoisotopic (exact) mass is 401 g/mol. The number of hydrogen-bond donors (Lipinski definition) is 1. The molecule has 1 atom stereocenters. The van der Waals surface area contributed by atoms with E-state index in [1.165, 1.54) is 11.8 Å². The maximum atomic E-state index is 12.4. The van der Waals surface area contributed by atoms with Gasteiger partial charge in [0.25, 0.3) is 0 Å². The maximum absolute atomic E-state index is 12.4. The summed E-state index contributed by atoms with van der Waals surface area (Å²) in [6.07, 6.45) is 1.01. The molecule has 0 aliphatic heterocycles. The minimum absolute atomic E-state index is 0.0959. The summed E-state index contributed by atoms with van der Waals surface area (Å²) in [6, 6.07) is 15.1. The summed E-state index contributed by atoms with van der Waals surface area (Å²) in [5.41, 5.74) is 2.79. The van der Waals surface area contributed by atoms with Crippen molar-refractivity contribution < 1.29 is 4.79 Å². The van der Waals surface area contributed by atoms with Crippen molar-refractivity contribution >= 4 is 35.0 Å². The molecule has 1 amide bonds. The summed E-state index contributed by atoms with van der Waals surface area (Å²) < 4.78 is 1.58. The van der Waals surface area contributed by atoms with Crippen LogP contribution < -0.4 is 5.32 Å². The van der Waals surface area contributed by atoms with Gasteiger partial charge in [-0.1, -0.05) is 55.4 Å². The molecule has 1 aromatic heterocycles. The fourth-order valence-corrected chi connectivity index (χ4v) is 3.41. The zero-order valence-corrected chi connectivity index (χ0v) is 16.7. The predicted octanol–water partition coefficient (Wildman–Crippen LogP) is 4.56. The van der Waals surface area contributed by atoms with E-state index in [-0.39, 0.29) is 11.7 Å². The molecule has 27 heavy (non-hydrogen) atoms. The van der Waals surface area contributed by atoms with Crippen LogP contribution in [0.2, 0.25) is 5.02 Å². The number of halogens is 1. The minimum atomic E-state index is -0.0959. The number of anilines is 1. The number of nitrogens with one attached hydrogen (secondary N) is 1. The maximum Gasteiger partial charge on any atom is 0.234 e. The first-order chi connectivity index (χ1) is 13.1. The highest BCUT2D eigenvalue weighted by molar-refractivity contribution is 7.99. The Morgan fingerprint density at radius 3 is 2.70 bits per heavy atom. The quantitative estimate of drug-likeness (QED) is 0.587. The number of nitrogens with zero attached hydrogens (tertiary/aromatic N) is 4. The Balaban J connectivity index is 1.66. The van der Waals surface area contributed by atoms with Gasteiger partial charge >= 0.3 is 0 Å². The van der Waals surface area contributed by atoms with E-state index in [0.717, 1.165) is 23.4 Å². The van der Waals surface area contributed by atoms with Gasteiger partial charge in [-0.3, -0.25) is 4.79 Å². The smallest absolute Gasteiger partial charge is 0.234 e. The second kappa shape index (κ2) is 9.01. The molecule has 1 heterocycles. The highest BCUT2D eigenvalue weighted by atomic mass is 35.5. The van der Waals surface area contributed by atoms with Gasteiger partial charge in [-0.05, 0) is 58.7 Å². The number of tetrazole rings is 1. The molecule has 0 fully saturated rings. The molecule has 3 rings (SSSR count). The highest BCUT2D eigenvalue weighted by Gasteiger charge is 2.14. The van der Waals surface area contributed by atoms with Crippen LogP contribution in [0.25, 0.3) is 5.69 Å². The standard InChI is InChI=1S/C19H20ClN5OS/c1-3-13(2)16-6-4-5-7-17(16)21-18(26)12-27-19-22-23-24-25(19)15-10-8-14(20)9-11-15/h4-11,13H,3,12H2,1-2H3,(H,21,26). The van der Waals surface area contributed by atoms with Crippen LogP contribution in [0.1, 0.15) is 31.7 Å². The van der Waals surface area contributed by atoms with Crippen LogP contribution in [0, 0.1) is 0 Å². The number of carbonyl (C=O) groups is 1. The first kappa shape index (κ1) is 19.4. The number of para-hydroxylation sites is 1. The summed E-state index contributed by atoms with van der Waals surface area (Å²) in [7, 11) is 0. The molecule has 140 valence electrons. The van der Waals surface area contributed by atoms with Crippen LogP contribution >= 0.6 is 23.4 Å². The Kier molecular flexibility index (Phi) is 6.47. The highest BCUT2D eigenvalue weighted by Crippen LogP contribution is 2.27. The lowest BCUT2D eigenvalue weighted by atomic mass is 9.97. The summed E-state index contributed by atoms with van der Waals surface area (Å²) >= 11 is 7.20. The van der Waals surface area contributed by atoms with Crippen molar-refractivity contribution in [2.75, 3.05) is 11.1 Å². The average molecular weight is 402 g/mol. The molecule has 0 bridgehead atoms. The van der Waals surface area contributed by atoms with Gasteiger partial charge in [0.1, 0.15) is 0 Å². The second-order valence-corrected chi connectivity index (χ2v) is 7.46. The fourth-order valence-electron chi connectivity index (χ4n) is 2.59. The second-order valence-electron chi connectivity index (χ2n) is 6.08. The SMILES string of the molecule is CCC(C)c1ccccc1NC(=O)CSc1nnnn1-c1ccc(Cl)cc1. The van der Waals surface area contributed by atoms with E-state index < -0.39 is 0 Å². The number of aromatic nitrogens is 4. The number of benzene rings is 2. The third-order valence-corrected chi connectivity index (χ3v) is 5.39. The molecule has 0 radical (unpaired) electrons. The lowest BCUT2D eigenvalue weighted by molar-refractivity contribution is -0.113.